The number of carbonyl (C=O) groups is 1. The van der Waals surface area contributed by atoms with Crippen LogP contribution in [0.15, 0.2) is 33.1 Å². The molecule has 0 radical (unpaired) electrons. The van der Waals surface area contributed by atoms with Gasteiger partial charge in [-0.05, 0) is 34.1 Å². The van der Waals surface area contributed by atoms with E-state index in [2.05, 4.69) is 20.9 Å². The fourth-order valence-electron chi connectivity index (χ4n) is 2.53. The van der Waals surface area contributed by atoms with Crippen LogP contribution in [0.5, 0.6) is 0 Å². The summed E-state index contributed by atoms with van der Waals surface area (Å²) < 4.78 is 27.8. The number of hydrogen-bond donors (Lipinski definition) is 1. The van der Waals surface area contributed by atoms with Crippen LogP contribution < -0.4 is 0 Å². The normalized spacial score (nSPS) is 16.1. The Kier molecular flexibility index (Phi) is 5.94. The zero-order valence-corrected chi connectivity index (χ0v) is 17.6. The fraction of sp³-hybridized carbons (Fsp3) is 0.400. The van der Waals surface area contributed by atoms with Crippen molar-refractivity contribution in [3.63, 3.8) is 0 Å². The number of sulfonamides is 1. The van der Waals surface area contributed by atoms with Gasteiger partial charge in [0, 0.05) is 42.7 Å². The minimum Gasteiger partial charge on any atom is -0.356 e. The molecule has 1 aliphatic heterocycles. The maximum absolute atomic E-state index is 12.7. The monoisotopic (exact) mass is 463 g/mol. The third kappa shape index (κ3) is 4.30. The number of nitrogens with zero attached hydrogens (tertiary/aromatic N) is 2. The van der Waals surface area contributed by atoms with Crippen molar-refractivity contribution in [1.82, 2.24) is 14.2 Å². The number of rotatable bonds is 5. The van der Waals surface area contributed by atoms with Crippen LogP contribution >= 0.6 is 39.0 Å². The van der Waals surface area contributed by atoms with Gasteiger partial charge in [0.15, 0.2) is 0 Å². The average Bonchev–Trinajstić information content (AvgIpc) is 3.24. The van der Waals surface area contributed by atoms with Crippen molar-refractivity contribution in [1.29, 1.82) is 0 Å². The highest BCUT2D eigenvalue weighted by molar-refractivity contribution is 9.11. The SMILES string of the molecule is CN(Cc1ccc(Br)s1)C(=O)c1cc(S(=O)(=O)N2CCSCC2)c[nH]1. The molecule has 2 aromatic heterocycles. The number of aromatic amines is 1. The summed E-state index contributed by atoms with van der Waals surface area (Å²) in [5.74, 6) is 1.36. The van der Waals surface area contributed by atoms with Crippen molar-refractivity contribution in [2.75, 3.05) is 31.6 Å². The quantitative estimate of drug-likeness (QED) is 0.739. The number of aromatic nitrogens is 1. The third-order valence-corrected chi connectivity index (χ3v) is 8.29. The molecule has 0 unspecified atom stereocenters. The van der Waals surface area contributed by atoms with Crippen LogP contribution in [0, 0.1) is 0 Å². The number of carbonyl (C=O) groups excluding carboxylic acids is 1. The van der Waals surface area contributed by atoms with Gasteiger partial charge in [0.2, 0.25) is 10.0 Å². The van der Waals surface area contributed by atoms with E-state index >= 15 is 0 Å². The Labute approximate surface area is 163 Å². The molecule has 0 aliphatic carbocycles. The molecule has 3 heterocycles. The molecule has 25 heavy (non-hydrogen) atoms. The zero-order valence-electron chi connectivity index (χ0n) is 13.6. The van der Waals surface area contributed by atoms with Gasteiger partial charge < -0.3 is 9.88 Å². The van der Waals surface area contributed by atoms with Crippen LogP contribution in [0.25, 0.3) is 0 Å². The second kappa shape index (κ2) is 7.83. The summed E-state index contributed by atoms with van der Waals surface area (Å²) in [4.78, 5) is 18.1. The molecule has 2 aromatic rings. The van der Waals surface area contributed by atoms with E-state index < -0.39 is 10.0 Å². The first kappa shape index (κ1) is 19.0. The Morgan fingerprint density at radius 2 is 2.08 bits per heavy atom. The van der Waals surface area contributed by atoms with Gasteiger partial charge in [0.25, 0.3) is 5.91 Å². The van der Waals surface area contributed by atoms with Crippen LogP contribution in [-0.2, 0) is 16.6 Å². The minimum absolute atomic E-state index is 0.148. The largest absolute Gasteiger partial charge is 0.356 e. The van der Waals surface area contributed by atoms with Gasteiger partial charge in [0.05, 0.1) is 10.3 Å². The van der Waals surface area contributed by atoms with Gasteiger partial charge in [-0.25, -0.2) is 8.42 Å². The van der Waals surface area contributed by atoms with Crippen molar-refractivity contribution in [3.8, 4) is 0 Å². The molecule has 3 rings (SSSR count). The van der Waals surface area contributed by atoms with E-state index in [9.17, 15) is 13.2 Å². The number of nitrogens with one attached hydrogen (secondary N) is 1. The lowest BCUT2D eigenvalue weighted by atomic mass is 10.3. The molecule has 6 nitrogen and oxygen atoms in total. The topological polar surface area (TPSA) is 73.5 Å². The summed E-state index contributed by atoms with van der Waals surface area (Å²) in [6.45, 7) is 1.49. The lowest BCUT2D eigenvalue weighted by Crippen LogP contribution is -2.37. The molecule has 0 aromatic carbocycles. The van der Waals surface area contributed by atoms with Crippen molar-refractivity contribution in [2.24, 2.45) is 0 Å². The first-order valence-corrected chi connectivity index (χ1v) is 11.8. The average molecular weight is 464 g/mol. The predicted octanol–water partition coefficient (Wildman–Crippen LogP) is 2.85. The van der Waals surface area contributed by atoms with Crippen molar-refractivity contribution in [3.05, 3.63) is 38.8 Å². The van der Waals surface area contributed by atoms with Gasteiger partial charge in [-0.2, -0.15) is 16.1 Å². The molecule has 0 bridgehead atoms. The Bertz CT molecular complexity index is 856. The molecule has 0 spiro atoms. The number of halogens is 1. The smallest absolute Gasteiger partial charge is 0.270 e. The van der Waals surface area contributed by atoms with E-state index in [0.29, 0.717) is 19.6 Å². The van der Waals surface area contributed by atoms with E-state index in [1.54, 1.807) is 35.0 Å². The number of amides is 1. The van der Waals surface area contributed by atoms with Crippen LogP contribution in [0.4, 0.5) is 0 Å². The summed E-state index contributed by atoms with van der Waals surface area (Å²) in [6, 6.07) is 5.33. The van der Waals surface area contributed by atoms with E-state index in [1.165, 1.54) is 16.6 Å². The molecule has 1 N–H and O–H groups in total. The van der Waals surface area contributed by atoms with E-state index in [-0.39, 0.29) is 16.5 Å². The number of H-pyrrole nitrogens is 1. The second-order valence-corrected chi connectivity index (χ2v) is 11.3. The van der Waals surface area contributed by atoms with Gasteiger partial charge >= 0.3 is 0 Å². The summed E-state index contributed by atoms with van der Waals surface area (Å²) in [6.07, 6.45) is 1.40. The van der Waals surface area contributed by atoms with Gasteiger partial charge in [-0.3, -0.25) is 4.79 Å². The standard InChI is InChI=1S/C15H18BrN3O3S3/c1-18(10-11-2-3-14(16)24-11)15(20)13-8-12(9-17-13)25(21,22)19-4-6-23-7-5-19/h2-3,8-9,17H,4-7,10H2,1H3. The Balaban J connectivity index is 1.72. The lowest BCUT2D eigenvalue weighted by Gasteiger charge is -2.24. The molecule has 1 amide bonds. The first-order chi connectivity index (χ1) is 11.9. The van der Waals surface area contributed by atoms with E-state index in [1.807, 2.05) is 12.1 Å². The van der Waals surface area contributed by atoms with Crippen LogP contribution in [0.1, 0.15) is 15.4 Å². The summed E-state index contributed by atoms with van der Waals surface area (Å²) in [7, 11) is -1.84. The fourth-order valence-corrected chi connectivity index (χ4v) is 6.64. The molecular formula is C15H18BrN3O3S3. The highest BCUT2D eigenvalue weighted by Crippen LogP contribution is 2.24. The Morgan fingerprint density at radius 3 is 2.72 bits per heavy atom. The molecule has 0 saturated carbocycles. The number of thioether (sulfide) groups is 1. The third-order valence-electron chi connectivity index (χ3n) is 3.86. The van der Waals surface area contributed by atoms with E-state index in [0.717, 1.165) is 20.2 Å². The lowest BCUT2D eigenvalue weighted by molar-refractivity contribution is 0.0781. The second-order valence-electron chi connectivity index (χ2n) is 5.63. The van der Waals surface area contributed by atoms with E-state index in [4.69, 9.17) is 0 Å². The molecule has 1 saturated heterocycles. The molecule has 1 aliphatic rings. The number of thiophene rings is 1. The molecule has 10 heteroatoms. The van der Waals surface area contributed by atoms with Crippen LogP contribution in [0.2, 0.25) is 0 Å². The Hall–Kier alpha value is -0.810. The zero-order chi connectivity index (χ0) is 18.0. The first-order valence-electron chi connectivity index (χ1n) is 7.64. The number of hydrogen-bond acceptors (Lipinski definition) is 5. The summed E-state index contributed by atoms with van der Waals surface area (Å²) >= 11 is 6.72. The highest BCUT2D eigenvalue weighted by Gasteiger charge is 2.28. The van der Waals surface area contributed by atoms with Gasteiger partial charge in [-0.15, -0.1) is 11.3 Å². The maximum Gasteiger partial charge on any atom is 0.270 e. The molecule has 0 atom stereocenters. The summed E-state index contributed by atoms with van der Waals surface area (Å²) in [5, 5.41) is 0. The summed E-state index contributed by atoms with van der Waals surface area (Å²) in [5.41, 5.74) is 0.281. The molecular weight excluding hydrogens is 446 g/mol. The molecule has 136 valence electrons. The van der Waals surface area contributed by atoms with Gasteiger partial charge in [0.1, 0.15) is 10.6 Å². The van der Waals surface area contributed by atoms with Crippen molar-refractivity contribution < 1.29 is 13.2 Å². The maximum atomic E-state index is 12.7. The Morgan fingerprint density at radius 1 is 1.36 bits per heavy atom. The van der Waals surface area contributed by atoms with Crippen molar-refractivity contribution in [2.45, 2.75) is 11.4 Å². The molecule has 1 fully saturated rings. The van der Waals surface area contributed by atoms with Crippen LogP contribution in [-0.4, -0.2) is 60.2 Å². The van der Waals surface area contributed by atoms with Crippen molar-refractivity contribution >= 4 is 55.0 Å². The minimum atomic E-state index is -3.54. The highest BCUT2D eigenvalue weighted by atomic mass is 79.9. The van der Waals surface area contributed by atoms with Crippen LogP contribution in [0.3, 0.4) is 0 Å². The van der Waals surface area contributed by atoms with Gasteiger partial charge in [-0.1, -0.05) is 0 Å². The predicted molar refractivity (Wildman–Crippen MR) is 105 cm³/mol.